The van der Waals surface area contributed by atoms with E-state index in [1.54, 1.807) is 0 Å². The molecule has 1 aromatic carbocycles. The predicted molar refractivity (Wildman–Crippen MR) is 78.5 cm³/mol. The second-order valence-electron chi connectivity index (χ2n) is 4.91. The highest BCUT2D eigenvalue weighted by molar-refractivity contribution is 7.71. The van der Waals surface area contributed by atoms with Crippen LogP contribution in [0.1, 0.15) is 37.4 Å². The summed E-state index contributed by atoms with van der Waals surface area (Å²) in [5.74, 6) is 0.509. The third kappa shape index (κ3) is 3.10. The summed E-state index contributed by atoms with van der Waals surface area (Å²) in [5.41, 5.74) is 2.69. The highest BCUT2D eigenvalue weighted by atomic mass is 32.1. The molecule has 0 amide bonds. The molecular formula is C15H20N2S. The number of imidazole rings is 1. The quantitative estimate of drug-likeness (QED) is 0.795. The lowest BCUT2D eigenvalue weighted by molar-refractivity contribution is 0.593. The minimum absolute atomic E-state index is 0.509. The minimum atomic E-state index is 0.509. The van der Waals surface area contributed by atoms with Gasteiger partial charge in [-0.2, -0.15) is 0 Å². The first-order valence-electron chi connectivity index (χ1n) is 6.50. The van der Waals surface area contributed by atoms with Gasteiger partial charge in [-0.25, -0.2) is 0 Å². The number of rotatable bonds is 5. The third-order valence-electron chi connectivity index (χ3n) is 3.18. The van der Waals surface area contributed by atoms with Crippen LogP contribution in [0.3, 0.4) is 0 Å². The molecule has 0 saturated heterocycles. The van der Waals surface area contributed by atoms with Gasteiger partial charge in [-0.05, 0) is 36.5 Å². The van der Waals surface area contributed by atoms with Crippen molar-refractivity contribution in [1.82, 2.24) is 9.55 Å². The number of benzene rings is 1. The Labute approximate surface area is 114 Å². The number of nitrogens with zero attached hydrogens (tertiary/aromatic N) is 1. The second kappa shape index (κ2) is 6.01. The van der Waals surface area contributed by atoms with Gasteiger partial charge in [-0.3, -0.25) is 0 Å². The number of H-pyrrole nitrogens is 1. The molecule has 0 bridgehead atoms. The average Bonchev–Trinajstić information content (AvgIpc) is 2.73. The first-order chi connectivity index (χ1) is 8.68. The lowest BCUT2D eigenvalue weighted by Gasteiger charge is -2.10. The van der Waals surface area contributed by atoms with E-state index in [4.69, 9.17) is 12.2 Å². The van der Waals surface area contributed by atoms with Crippen molar-refractivity contribution in [2.75, 3.05) is 0 Å². The Bertz CT molecular complexity index is 537. The summed E-state index contributed by atoms with van der Waals surface area (Å²) in [6, 6.07) is 10.6. The van der Waals surface area contributed by atoms with Crippen molar-refractivity contribution < 1.29 is 0 Å². The van der Waals surface area contributed by atoms with E-state index in [0.717, 1.165) is 24.2 Å². The molecule has 1 N–H and O–H groups in total. The van der Waals surface area contributed by atoms with Gasteiger partial charge < -0.3 is 9.55 Å². The lowest BCUT2D eigenvalue weighted by atomic mass is 10.1. The molecule has 0 spiro atoms. The van der Waals surface area contributed by atoms with Crippen molar-refractivity contribution in [3.8, 4) is 0 Å². The van der Waals surface area contributed by atoms with Gasteiger partial charge in [0, 0.05) is 18.4 Å². The summed E-state index contributed by atoms with van der Waals surface area (Å²) in [6.07, 6.45) is 4.26. The predicted octanol–water partition coefficient (Wildman–Crippen LogP) is 4.30. The van der Waals surface area contributed by atoms with Gasteiger partial charge in [0.05, 0.1) is 0 Å². The number of aryl methyl sites for hydroxylation is 1. The van der Waals surface area contributed by atoms with Crippen molar-refractivity contribution in [3.05, 3.63) is 52.6 Å². The zero-order valence-corrected chi connectivity index (χ0v) is 11.8. The van der Waals surface area contributed by atoms with Gasteiger partial charge in [-0.1, -0.05) is 44.2 Å². The number of nitrogens with one attached hydrogen (secondary N) is 1. The van der Waals surface area contributed by atoms with Crippen LogP contribution in [0.5, 0.6) is 0 Å². The summed E-state index contributed by atoms with van der Waals surface area (Å²) in [4.78, 5) is 3.15. The molecule has 1 heterocycles. The van der Waals surface area contributed by atoms with E-state index in [1.165, 1.54) is 11.3 Å². The molecule has 0 aliphatic rings. The molecule has 0 unspecified atom stereocenters. The van der Waals surface area contributed by atoms with E-state index < -0.39 is 0 Å². The molecule has 0 radical (unpaired) electrons. The van der Waals surface area contributed by atoms with E-state index >= 15 is 0 Å². The van der Waals surface area contributed by atoms with Gasteiger partial charge in [0.25, 0.3) is 0 Å². The summed E-state index contributed by atoms with van der Waals surface area (Å²) in [7, 11) is 0. The lowest BCUT2D eigenvalue weighted by Crippen LogP contribution is -2.05. The number of aromatic nitrogens is 2. The van der Waals surface area contributed by atoms with Crippen molar-refractivity contribution in [3.63, 3.8) is 0 Å². The minimum Gasteiger partial charge on any atom is -0.337 e. The zero-order valence-electron chi connectivity index (χ0n) is 11.0. The summed E-state index contributed by atoms with van der Waals surface area (Å²) in [6.45, 7) is 5.39. The molecule has 1 aromatic heterocycles. The largest absolute Gasteiger partial charge is 0.337 e. The van der Waals surface area contributed by atoms with Crippen LogP contribution in [-0.4, -0.2) is 9.55 Å². The first-order valence-corrected chi connectivity index (χ1v) is 6.91. The van der Waals surface area contributed by atoms with E-state index in [9.17, 15) is 0 Å². The summed E-state index contributed by atoms with van der Waals surface area (Å²) >= 11 is 5.33. The van der Waals surface area contributed by atoms with Gasteiger partial charge in [-0.15, -0.1) is 0 Å². The maximum atomic E-state index is 5.33. The molecule has 0 aliphatic carbocycles. The molecule has 3 heteroatoms. The molecule has 0 atom stereocenters. The molecular weight excluding hydrogens is 240 g/mol. The Balaban J connectivity index is 1.98. The Morgan fingerprint density at radius 2 is 1.94 bits per heavy atom. The van der Waals surface area contributed by atoms with Crippen molar-refractivity contribution >= 4 is 12.2 Å². The van der Waals surface area contributed by atoms with Gasteiger partial charge >= 0.3 is 0 Å². The Kier molecular flexibility index (Phi) is 4.37. The van der Waals surface area contributed by atoms with E-state index in [-0.39, 0.29) is 0 Å². The van der Waals surface area contributed by atoms with Gasteiger partial charge in [0.1, 0.15) is 0 Å². The molecule has 2 rings (SSSR count). The number of hydrogen-bond acceptors (Lipinski definition) is 1. The van der Waals surface area contributed by atoms with Gasteiger partial charge in [0.15, 0.2) is 4.77 Å². The fourth-order valence-corrected chi connectivity index (χ4v) is 2.46. The molecule has 2 nitrogen and oxygen atoms in total. The monoisotopic (exact) mass is 260 g/mol. The Morgan fingerprint density at radius 3 is 2.61 bits per heavy atom. The highest BCUT2D eigenvalue weighted by Crippen LogP contribution is 2.15. The number of hydrogen-bond donors (Lipinski definition) is 1. The number of aromatic amines is 1. The Hall–Kier alpha value is -1.35. The van der Waals surface area contributed by atoms with E-state index in [1.807, 2.05) is 6.20 Å². The van der Waals surface area contributed by atoms with Crippen LogP contribution in [0, 0.1) is 4.77 Å². The fourth-order valence-electron chi connectivity index (χ4n) is 2.20. The maximum absolute atomic E-state index is 5.33. The highest BCUT2D eigenvalue weighted by Gasteiger charge is 2.07. The SMILES string of the molecule is CC(C)c1c[nH]c(=S)n1CCCc1ccccc1. The van der Waals surface area contributed by atoms with Crippen LogP contribution >= 0.6 is 12.2 Å². The van der Waals surface area contributed by atoms with E-state index in [2.05, 4.69) is 53.7 Å². The van der Waals surface area contributed by atoms with Gasteiger partial charge in [0.2, 0.25) is 0 Å². The Morgan fingerprint density at radius 1 is 1.22 bits per heavy atom. The van der Waals surface area contributed by atoms with Crippen LogP contribution in [0.4, 0.5) is 0 Å². The van der Waals surface area contributed by atoms with Crippen LogP contribution in [0.15, 0.2) is 36.5 Å². The van der Waals surface area contributed by atoms with Crippen molar-refractivity contribution in [2.45, 2.75) is 39.2 Å². The van der Waals surface area contributed by atoms with Crippen molar-refractivity contribution in [1.29, 1.82) is 0 Å². The molecule has 0 fully saturated rings. The molecule has 96 valence electrons. The van der Waals surface area contributed by atoms with Crippen LogP contribution in [-0.2, 0) is 13.0 Å². The van der Waals surface area contributed by atoms with Crippen molar-refractivity contribution in [2.24, 2.45) is 0 Å². The zero-order chi connectivity index (χ0) is 13.0. The van der Waals surface area contributed by atoms with E-state index in [0.29, 0.717) is 5.92 Å². The molecule has 2 aromatic rings. The first kappa shape index (κ1) is 13.1. The third-order valence-corrected chi connectivity index (χ3v) is 3.52. The fraction of sp³-hybridized carbons (Fsp3) is 0.400. The summed E-state index contributed by atoms with van der Waals surface area (Å²) in [5, 5.41) is 0. The second-order valence-corrected chi connectivity index (χ2v) is 5.30. The smallest absolute Gasteiger partial charge is 0.177 e. The normalized spacial score (nSPS) is 11.1. The average molecular weight is 260 g/mol. The topological polar surface area (TPSA) is 20.7 Å². The standard InChI is InChI=1S/C15H20N2S/c1-12(2)14-11-16-15(18)17(14)10-6-9-13-7-4-3-5-8-13/h3-5,7-8,11-12H,6,9-10H2,1-2H3,(H,16,18). The molecule has 0 aliphatic heterocycles. The molecule has 18 heavy (non-hydrogen) atoms. The molecule has 0 saturated carbocycles. The van der Waals surface area contributed by atoms with Crippen LogP contribution in [0.2, 0.25) is 0 Å². The van der Waals surface area contributed by atoms with Crippen LogP contribution < -0.4 is 0 Å². The maximum Gasteiger partial charge on any atom is 0.177 e. The summed E-state index contributed by atoms with van der Waals surface area (Å²) < 4.78 is 3.06. The van der Waals surface area contributed by atoms with Crippen LogP contribution in [0.25, 0.3) is 0 Å².